The number of aromatic carboxylic acids is 1. The molecule has 1 aliphatic heterocycles. The van der Waals surface area contributed by atoms with Crippen molar-refractivity contribution in [1.29, 1.82) is 0 Å². The molecule has 25 heavy (non-hydrogen) atoms. The number of fused-ring (bicyclic) bond motifs is 5. The van der Waals surface area contributed by atoms with Gasteiger partial charge in [-0.05, 0) is 23.4 Å². The molecule has 0 saturated heterocycles. The van der Waals surface area contributed by atoms with Gasteiger partial charge in [0.2, 0.25) is 0 Å². The smallest absolute Gasteiger partial charge is 0.341 e. The molecule has 0 bridgehead atoms. The number of phenolic OH excluding ortho intramolecular Hbond substituents is 1. The third kappa shape index (κ3) is 2.17. The molecule has 4 rings (SSSR count). The molecule has 0 spiro atoms. The number of rotatable bonds is 2. The minimum absolute atomic E-state index is 0.0866. The molecule has 0 radical (unpaired) electrons. The summed E-state index contributed by atoms with van der Waals surface area (Å²) in [5, 5.41) is 21.2. The van der Waals surface area contributed by atoms with Gasteiger partial charge in [-0.3, -0.25) is 4.79 Å². The van der Waals surface area contributed by atoms with Gasteiger partial charge in [-0.25, -0.2) is 4.79 Å². The highest BCUT2D eigenvalue weighted by atomic mass is 16.5. The summed E-state index contributed by atoms with van der Waals surface area (Å²) in [5.41, 5.74) is 1.56. The van der Waals surface area contributed by atoms with E-state index in [2.05, 4.69) is 0 Å². The van der Waals surface area contributed by atoms with Crippen LogP contribution in [0.15, 0.2) is 29.2 Å². The second-order valence-electron chi connectivity index (χ2n) is 6.60. The maximum Gasteiger partial charge on any atom is 0.341 e. The van der Waals surface area contributed by atoms with E-state index in [-0.39, 0.29) is 17.2 Å². The topological polar surface area (TPSA) is 88.2 Å². The number of hydrogen-bond acceptors (Lipinski definition) is 4. The predicted molar refractivity (Wildman–Crippen MR) is 93.1 cm³/mol. The van der Waals surface area contributed by atoms with Crippen molar-refractivity contribution in [3.8, 4) is 11.5 Å². The van der Waals surface area contributed by atoms with Gasteiger partial charge in [-0.1, -0.05) is 13.8 Å². The summed E-state index contributed by atoms with van der Waals surface area (Å²) < 4.78 is 7.30. The Morgan fingerprint density at radius 3 is 2.72 bits per heavy atom. The van der Waals surface area contributed by atoms with Crippen molar-refractivity contribution >= 4 is 22.3 Å². The van der Waals surface area contributed by atoms with Gasteiger partial charge in [0.1, 0.15) is 5.56 Å². The molecule has 0 saturated carbocycles. The largest absolute Gasteiger partial charge is 0.504 e. The van der Waals surface area contributed by atoms with Gasteiger partial charge < -0.3 is 19.4 Å². The second kappa shape index (κ2) is 5.24. The van der Waals surface area contributed by atoms with Crippen molar-refractivity contribution in [3.63, 3.8) is 0 Å². The van der Waals surface area contributed by atoms with Gasteiger partial charge in [0.25, 0.3) is 0 Å². The Morgan fingerprint density at radius 2 is 2.04 bits per heavy atom. The molecule has 0 fully saturated rings. The van der Waals surface area contributed by atoms with Crippen LogP contribution in [-0.2, 0) is 6.42 Å². The standard InChI is InChI=1S/C19H17NO5/c1-9(2)13-5-10-6-16(22)18-11(3-4-25-18)17(10)14-7-15(21)12(19(23)24)8-20(13)14/h5-9,22H,3-4H2,1-2H3,(H,23,24). The molecular formula is C19H17NO5. The van der Waals surface area contributed by atoms with Crippen LogP contribution in [0.3, 0.4) is 0 Å². The Morgan fingerprint density at radius 1 is 1.28 bits per heavy atom. The predicted octanol–water partition coefficient (Wildman–Crippen LogP) is 2.91. The summed E-state index contributed by atoms with van der Waals surface area (Å²) in [6, 6.07) is 4.94. The number of ether oxygens (including phenoxy) is 1. The quantitative estimate of drug-likeness (QED) is 0.701. The fourth-order valence-corrected chi connectivity index (χ4v) is 3.57. The summed E-state index contributed by atoms with van der Waals surface area (Å²) >= 11 is 0. The third-order valence-corrected chi connectivity index (χ3v) is 4.70. The lowest BCUT2D eigenvalue weighted by molar-refractivity contribution is 0.0695. The highest BCUT2D eigenvalue weighted by molar-refractivity contribution is 6.02. The Kier molecular flexibility index (Phi) is 3.25. The molecular weight excluding hydrogens is 322 g/mol. The Balaban J connectivity index is 2.26. The number of aromatic nitrogens is 1. The molecule has 6 nitrogen and oxygen atoms in total. The van der Waals surface area contributed by atoms with E-state index in [9.17, 15) is 19.8 Å². The SMILES string of the molecule is CC(C)c1cc2cc(O)c3c(c2c2cc(=O)c(C(=O)O)cn12)CCO3. The van der Waals surface area contributed by atoms with E-state index in [0.717, 1.165) is 22.0 Å². The molecule has 0 unspecified atom stereocenters. The zero-order valence-corrected chi connectivity index (χ0v) is 13.9. The zero-order valence-electron chi connectivity index (χ0n) is 13.9. The number of pyridine rings is 2. The summed E-state index contributed by atoms with van der Waals surface area (Å²) in [7, 11) is 0. The van der Waals surface area contributed by atoms with Crippen LogP contribution < -0.4 is 10.2 Å². The van der Waals surface area contributed by atoms with E-state index in [4.69, 9.17) is 4.74 Å². The number of nitrogens with zero attached hydrogens (tertiary/aromatic N) is 1. The van der Waals surface area contributed by atoms with E-state index in [1.807, 2.05) is 19.9 Å². The van der Waals surface area contributed by atoms with Gasteiger partial charge in [0.15, 0.2) is 16.9 Å². The lowest BCUT2D eigenvalue weighted by atomic mass is 9.97. The zero-order chi connectivity index (χ0) is 17.9. The van der Waals surface area contributed by atoms with Crippen LogP contribution in [0.2, 0.25) is 0 Å². The highest BCUT2D eigenvalue weighted by Gasteiger charge is 2.23. The minimum Gasteiger partial charge on any atom is -0.504 e. The number of phenols is 1. The van der Waals surface area contributed by atoms with Crippen molar-refractivity contribution in [2.75, 3.05) is 6.61 Å². The number of carboxylic acids is 1. The number of aromatic hydroxyl groups is 1. The number of carboxylic acid groups (broad SMARTS) is 1. The first-order valence-corrected chi connectivity index (χ1v) is 8.12. The number of benzene rings is 1. The second-order valence-corrected chi connectivity index (χ2v) is 6.60. The van der Waals surface area contributed by atoms with Crippen LogP contribution in [-0.4, -0.2) is 27.2 Å². The van der Waals surface area contributed by atoms with Crippen LogP contribution >= 0.6 is 0 Å². The number of carbonyl (C=O) groups is 1. The lowest BCUT2D eigenvalue weighted by Gasteiger charge is -2.17. The van der Waals surface area contributed by atoms with Crippen molar-refractivity contribution in [2.45, 2.75) is 26.2 Å². The normalized spacial score (nSPS) is 13.4. The highest BCUT2D eigenvalue weighted by Crippen LogP contribution is 2.42. The summed E-state index contributed by atoms with van der Waals surface area (Å²) in [4.78, 5) is 23.7. The maximum absolute atomic E-state index is 12.3. The first-order valence-electron chi connectivity index (χ1n) is 8.12. The van der Waals surface area contributed by atoms with E-state index in [1.165, 1.54) is 12.3 Å². The van der Waals surface area contributed by atoms with Gasteiger partial charge in [0, 0.05) is 35.3 Å². The van der Waals surface area contributed by atoms with Crippen LogP contribution in [0.4, 0.5) is 0 Å². The van der Waals surface area contributed by atoms with Gasteiger partial charge in [-0.2, -0.15) is 0 Å². The van der Waals surface area contributed by atoms with Crippen molar-refractivity contribution < 1.29 is 19.7 Å². The van der Waals surface area contributed by atoms with Crippen LogP contribution in [0.25, 0.3) is 16.3 Å². The molecule has 1 aromatic carbocycles. The first kappa shape index (κ1) is 15.5. The third-order valence-electron chi connectivity index (χ3n) is 4.70. The Labute approximate surface area is 142 Å². The molecule has 2 aromatic heterocycles. The van der Waals surface area contributed by atoms with Crippen LogP contribution in [0, 0.1) is 0 Å². The molecule has 0 amide bonds. The first-order chi connectivity index (χ1) is 11.9. The van der Waals surface area contributed by atoms with Gasteiger partial charge in [0.05, 0.1) is 12.1 Å². The summed E-state index contributed by atoms with van der Waals surface area (Å²) in [5.74, 6) is -0.610. The van der Waals surface area contributed by atoms with E-state index >= 15 is 0 Å². The van der Waals surface area contributed by atoms with Crippen molar-refractivity contribution in [3.05, 3.63) is 51.4 Å². The van der Waals surface area contributed by atoms with E-state index < -0.39 is 11.4 Å². The molecule has 0 aliphatic carbocycles. The summed E-state index contributed by atoms with van der Waals surface area (Å²) in [6.07, 6.45) is 2.02. The van der Waals surface area contributed by atoms with E-state index in [0.29, 0.717) is 24.3 Å². The van der Waals surface area contributed by atoms with Crippen molar-refractivity contribution in [1.82, 2.24) is 4.40 Å². The molecule has 1 aliphatic rings. The molecule has 0 atom stereocenters. The molecule has 3 aromatic rings. The fourth-order valence-electron chi connectivity index (χ4n) is 3.57. The maximum atomic E-state index is 12.3. The average Bonchev–Trinajstić information content (AvgIpc) is 3.03. The fraction of sp³-hybridized carbons (Fsp3) is 0.263. The minimum atomic E-state index is -1.24. The molecule has 3 heterocycles. The van der Waals surface area contributed by atoms with Gasteiger partial charge >= 0.3 is 5.97 Å². The van der Waals surface area contributed by atoms with Gasteiger partial charge in [-0.15, -0.1) is 0 Å². The van der Waals surface area contributed by atoms with E-state index in [1.54, 1.807) is 10.5 Å². The molecule has 6 heteroatoms. The van der Waals surface area contributed by atoms with Crippen molar-refractivity contribution in [2.24, 2.45) is 0 Å². The molecule has 128 valence electrons. The summed E-state index contributed by atoms with van der Waals surface area (Å²) in [6.45, 7) is 4.46. The van der Waals surface area contributed by atoms with Crippen LogP contribution in [0.1, 0.15) is 41.4 Å². The number of hydrogen-bond donors (Lipinski definition) is 2. The molecule has 2 N–H and O–H groups in total. The van der Waals surface area contributed by atoms with Crippen LogP contribution in [0.5, 0.6) is 11.5 Å². The Hall–Kier alpha value is -3.02. The average molecular weight is 339 g/mol. The lowest BCUT2D eigenvalue weighted by Crippen LogP contribution is -2.17. The Bertz CT molecular complexity index is 1110. The monoisotopic (exact) mass is 339 g/mol.